The van der Waals surface area contributed by atoms with Crippen LogP contribution in [0.3, 0.4) is 0 Å². The minimum absolute atomic E-state index is 0.0372. The molecule has 0 aromatic rings. The quantitative estimate of drug-likeness (QED) is 0.294. The van der Waals surface area contributed by atoms with Crippen LogP contribution in [0.4, 0.5) is 0 Å². The highest BCUT2D eigenvalue weighted by Gasteiger charge is 2.49. The Morgan fingerprint density at radius 3 is 2.91 bits per heavy atom. The van der Waals surface area contributed by atoms with E-state index in [1.807, 2.05) is 0 Å². The van der Waals surface area contributed by atoms with Gasteiger partial charge < -0.3 is 4.74 Å². The molecule has 2 saturated heterocycles. The van der Waals surface area contributed by atoms with Gasteiger partial charge >= 0.3 is 0 Å². The van der Waals surface area contributed by atoms with Gasteiger partial charge in [-0.1, -0.05) is 0 Å². The first-order valence-corrected chi connectivity index (χ1v) is 3.41. The summed E-state index contributed by atoms with van der Waals surface area (Å²) in [5.41, 5.74) is 2.66. The number of hydrogen-bond acceptors (Lipinski definition) is 5. The standard InChI is InChI=1S/C5H8BNO4/c6-5-3-4(11-7-3)2(10-5)1-9-8/h2-5,7-8H,1H2. The lowest BCUT2D eigenvalue weighted by atomic mass is 9.90. The minimum atomic E-state index is -0.367. The van der Waals surface area contributed by atoms with Crippen LogP contribution in [0, 0.1) is 0 Å². The van der Waals surface area contributed by atoms with Gasteiger partial charge in [0.05, 0.1) is 6.04 Å². The van der Waals surface area contributed by atoms with E-state index >= 15 is 0 Å². The van der Waals surface area contributed by atoms with Gasteiger partial charge in [-0.25, -0.2) is 4.89 Å². The fourth-order valence-corrected chi connectivity index (χ4v) is 1.36. The number of nitrogens with one attached hydrogen (secondary N) is 1. The average Bonchev–Trinajstić information content (AvgIpc) is 2.02. The van der Waals surface area contributed by atoms with Crippen LogP contribution >= 0.6 is 0 Å². The van der Waals surface area contributed by atoms with Gasteiger partial charge in [-0.05, 0) is 0 Å². The predicted molar refractivity (Wildman–Crippen MR) is 34.8 cm³/mol. The van der Waals surface area contributed by atoms with E-state index in [4.69, 9.17) is 22.7 Å². The molecule has 60 valence electrons. The van der Waals surface area contributed by atoms with Gasteiger partial charge in [0.2, 0.25) is 0 Å². The molecule has 2 aliphatic heterocycles. The van der Waals surface area contributed by atoms with Gasteiger partial charge in [0.25, 0.3) is 0 Å². The maximum Gasteiger partial charge on any atom is 0.127 e. The summed E-state index contributed by atoms with van der Waals surface area (Å²) in [6, 6.07) is -0.330. The lowest BCUT2D eigenvalue weighted by Crippen LogP contribution is -2.59. The molecule has 2 radical (unpaired) electrons. The molecule has 2 aliphatic rings. The van der Waals surface area contributed by atoms with E-state index in [1.54, 1.807) is 0 Å². The number of rotatable bonds is 2. The third-order valence-electron chi connectivity index (χ3n) is 1.99. The molecule has 0 aliphatic carbocycles. The van der Waals surface area contributed by atoms with E-state index < -0.39 is 0 Å². The van der Waals surface area contributed by atoms with Crippen molar-refractivity contribution in [1.82, 2.24) is 5.48 Å². The van der Waals surface area contributed by atoms with Crippen LogP contribution in [-0.4, -0.2) is 44.0 Å². The van der Waals surface area contributed by atoms with E-state index in [1.165, 1.54) is 0 Å². The monoisotopic (exact) mass is 157 g/mol. The third-order valence-corrected chi connectivity index (χ3v) is 1.99. The Balaban J connectivity index is 1.93. The number of hydrogen-bond donors (Lipinski definition) is 2. The van der Waals surface area contributed by atoms with E-state index in [9.17, 15) is 0 Å². The first-order valence-electron chi connectivity index (χ1n) is 3.41. The molecule has 0 amide bonds. The van der Waals surface area contributed by atoms with Crippen LogP contribution in [0.1, 0.15) is 0 Å². The molecule has 11 heavy (non-hydrogen) atoms. The third kappa shape index (κ3) is 1.07. The molecule has 4 unspecified atom stereocenters. The van der Waals surface area contributed by atoms with Gasteiger partial charge in [0.15, 0.2) is 0 Å². The van der Waals surface area contributed by atoms with Crippen molar-refractivity contribution in [2.45, 2.75) is 24.3 Å². The molecule has 0 bridgehead atoms. The fourth-order valence-electron chi connectivity index (χ4n) is 1.36. The van der Waals surface area contributed by atoms with E-state index in [2.05, 4.69) is 10.4 Å². The zero-order valence-electron chi connectivity index (χ0n) is 5.77. The lowest BCUT2D eigenvalue weighted by molar-refractivity contribution is -0.270. The number of ether oxygens (including phenoxy) is 1. The molecule has 2 fully saturated rings. The topological polar surface area (TPSA) is 60.0 Å². The van der Waals surface area contributed by atoms with Crippen LogP contribution in [0.2, 0.25) is 0 Å². The molecule has 0 aromatic heterocycles. The van der Waals surface area contributed by atoms with Crippen molar-refractivity contribution in [3.63, 3.8) is 0 Å². The van der Waals surface area contributed by atoms with Crippen molar-refractivity contribution in [2.24, 2.45) is 0 Å². The largest absolute Gasteiger partial charge is 0.378 e. The van der Waals surface area contributed by atoms with Gasteiger partial charge in [-0.2, -0.15) is 5.48 Å². The molecule has 2 rings (SSSR count). The molecule has 4 atom stereocenters. The highest BCUT2D eigenvalue weighted by molar-refractivity contribution is 6.11. The van der Waals surface area contributed by atoms with Crippen molar-refractivity contribution >= 4 is 7.85 Å². The molecule has 0 saturated carbocycles. The summed E-state index contributed by atoms with van der Waals surface area (Å²) >= 11 is 0. The maximum absolute atomic E-state index is 8.14. The van der Waals surface area contributed by atoms with Gasteiger partial charge in [-0.3, -0.25) is 10.1 Å². The second-order valence-electron chi connectivity index (χ2n) is 2.66. The van der Waals surface area contributed by atoms with Gasteiger partial charge in [0, 0.05) is 6.00 Å². The average molecular weight is 157 g/mol. The van der Waals surface area contributed by atoms with Crippen molar-refractivity contribution in [3.05, 3.63) is 0 Å². The molecule has 2 N–H and O–H groups in total. The van der Waals surface area contributed by atoms with Crippen LogP contribution in [-0.2, 0) is 14.5 Å². The highest BCUT2D eigenvalue weighted by Crippen LogP contribution is 2.27. The Labute approximate surface area is 64.9 Å². The number of fused-ring (bicyclic) bond motifs is 1. The Morgan fingerprint density at radius 2 is 2.45 bits per heavy atom. The Hall–Kier alpha value is -0.135. The van der Waals surface area contributed by atoms with Gasteiger partial charge in [-0.15, -0.1) is 0 Å². The first kappa shape index (κ1) is 7.51. The summed E-state index contributed by atoms with van der Waals surface area (Å²) in [6.07, 6.45) is -0.349. The summed E-state index contributed by atoms with van der Waals surface area (Å²) in [5.74, 6) is 0. The predicted octanol–water partition coefficient (Wildman–Crippen LogP) is -1.36. The normalized spacial score (nSPS) is 48.5. The smallest absolute Gasteiger partial charge is 0.127 e. The summed E-state index contributed by atoms with van der Waals surface area (Å²) in [6.45, 7) is 0.0938. The number of hydroxylamine groups is 1. The summed E-state index contributed by atoms with van der Waals surface area (Å²) in [7, 11) is 5.54. The van der Waals surface area contributed by atoms with Crippen molar-refractivity contribution in [2.75, 3.05) is 6.61 Å². The first-order chi connectivity index (χ1) is 5.33. The second-order valence-corrected chi connectivity index (χ2v) is 2.66. The fraction of sp³-hybridized carbons (Fsp3) is 1.00. The summed E-state index contributed by atoms with van der Waals surface area (Å²) in [4.78, 5) is 8.88. The second kappa shape index (κ2) is 2.73. The lowest BCUT2D eigenvalue weighted by Gasteiger charge is -2.33. The van der Waals surface area contributed by atoms with Gasteiger partial charge in [0.1, 0.15) is 26.7 Å². The van der Waals surface area contributed by atoms with E-state index in [0.29, 0.717) is 0 Å². The van der Waals surface area contributed by atoms with Crippen LogP contribution in [0.15, 0.2) is 0 Å². The molecule has 0 spiro atoms. The molecular weight excluding hydrogens is 149 g/mol. The van der Waals surface area contributed by atoms with Crippen molar-refractivity contribution < 1.29 is 19.7 Å². The van der Waals surface area contributed by atoms with E-state index in [-0.39, 0.29) is 30.9 Å². The summed E-state index contributed by atoms with van der Waals surface area (Å²) in [5, 5.41) is 8.14. The zero-order valence-corrected chi connectivity index (χ0v) is 5.77. The molecule has 0 aromatic carbocycles. The van der Waals surface area contributed by atoms with E-state index in [0.717, 1.165) is 0 Å². The maximum atomic E-state index is 8.14. The van der Waals surface area contributed by atoms with Crippen LogP contribution in [0.25, 0.3) is 0 Å². The highest BCUT2D eigenvalue weighted by atomic mass is 17.1. The molecular formula is C5H8BNO4. The Morgan fingerprint density at radius 1 is 1.64 bits per heavy atom. The van der Waals surface area contributed by atoms with Crippen molar-refractivity contribution in [1.29, 1.82) is 0 Å². The molecule has 2 heterocycles. The minimum Gasteiger partial charge on any atom is -0.378 e. The summed E-state index contributed by atoms with van der Waals surface area (Å²) < 4.78 is 5.19. The Bertz CT molecular complexity index is 157. The zero-order chi connectivity index (χ0) is 7.84. The molecule has 5 nitrogen and oxygen atoms in total. The SMILES string of the molecule is [B]C1OC(COO)C2ONC12. The molecule has 6 heteroatoms. The Kier molecular flexibility index (Phi) is 1.86. The van der Waals surface area contributed by atoms with Crippen LogP contribution in [0.5, 0.6) is 0 Å². The van der Waals surface area contributed by atoms with Crippen molar-refractivity contribution in [3.8, 4) is 0 Å². The van der Waals surface area contributed by atoms with Crippen LogP contribution < -0.4 is 5.48 Å².